The zero-order valence-electron chi connectivity index (χ0n) is 12.7. The highest BCUT2D eigenvalue weighted by Gasteiger charge is 2.22. The summed E-state index contributed by atoms with van der Waals surface area (Å²) in [6.07, 6.45) is 0.533. The second-order valence-electron chi connectivity index (χ2n) is 5.03. The molecule has 0 aliphatic carbocycles. The van der Waals surface area contributed by atoms with E-state index in [1.165, 1.54) is 30.3 Å². The van der Waals surface area contributed by atoms with Gasteiger partial charge in [-0.05, 0) is 36.2 Å². The smallest absolute Gasteiger partial charge is 0.359 e. The van der Waals surface area contributed by atoms with Crippen molar-refractivity contribution in [3.63, 3.8) is 0 Å². The van der Waals surface area contributed by atoms with E-state index in [4.69, 9.17) is 4.74 Å². The summed E-state index contributed by atoms with van der Waals surface area (Å²) in [6, 6.07) is 11.6. The quantitative estimate of drug-likeness (QED) is 0.654. The van der Waals surface area contributed by atoms with Crippen LogP contribution in [0, 0.1) is 5.82 Å². The van der Waals surface area contributed by atoms with Gasteiger partial charge in [-0.1, -0.05) is 24.3 Å². The van der Waals surface area contributed by atoms with Crippen molar-refractivity contribution in [2.75, 3.05) is 13.2 Å². The van der Waals surface area contributed by atoms with E-state index in [0.29, 0.717) is 13.0 Å². The molecule has 0 aliphatic rings. The van der Waals surface area contributed by atoms with E-state index >= 15 is 0 Å². The van der Waals surface area contributed by atoms with Crippen molar-refractivity contribution >= 4 is 18.8 Å². The minimum absolute atomic E-state index is 0.0282. The number of hydrogen-bond donors (Lipinski definition) is 3. The van der Waals surface area contributed by atoms with Crippen LogP contribution in [-0.2, 0) is 15.8 Å². The molecule has 0 aromatic heterocycles. The first kappa shape index (κ1) is 18.1. The number of nitrogens with one attached hydrogen (secondary N) is 1. The van der Waals surface area contributed by atoms with Gasteiger partial charge in [-0.25, -0.2) is 4.39 Å². The van der Waals surface area contributed by atoms with Crippen molar-refractivity contribution in [2.24, 2.45) is 0 Å². The molecule has 0 atom stereocenters. The van der Waals surface area contributed by atoms with Crippen molar-refractivity contribution in [1.82, 2.24) is 5.32 Å². The van der Waals surface area contributed by atoms with Gasteiger partial charge in [0.05, 0.1) is 0 Å². The molecule has 2 aromatic rings. The van der Waals surface area contributed by atoms with Gasteiger partial charge in [0.2, 0.25) is 0 Å². The Morgan fingerprint density at radius 1 is 1.12 bits per heavy atom. The van der Waals surface area contributed by atoms with Gasteiger partial charge in [0.15, 0.2) is 6.61 Å². The molecule has 6 nitrogen and oxygen atoms in total. The fourth-order valence-corrected chi connectivity index (χ4v) is 2.72. The van der Waals surface area contributed by atoms with Gasteiger partial charge in [0, 0.05) is 6.54 Å². The van der Waals surface area contributed by atoms with E-state index in [9.17, 15) is 23.5 Å². The molecule has 0 fully saturated rings. The maximum Gasteiger partial charge on any atom is 0.359 e. The van der Waals surface area contributed by atoms with Crippen molar-refractivity contribution in [2.45, 2.75) is 6.42 Å². The van der Waals surface area contributed by atoms with Gasteiger partial charge in [0.1, 0.15) is 16.9 Å². The summed E-state index contributed by atoms with van der Waals surface area (Å²) in [5.41, 5.74) is 0.879. The third-order valence-electron chi connectivity index (χ3n) is 3.19. The first-order chi connectivity index (χ1) is 11.4. The van der Waals surface area contributed by atoms with Gasteiger partial charge in [-0.2, -0.15) is 0 Å². The fraction of sp³-hybridized carbons (Fsp3) is 0.188. The van der Waals surface area contributed by atoms with Gasteiger partial charge in [0.25, 0.3) is 5.91 Å². The average molecular weight is 353 g/mol. The van der Waals surface area contributed by atoms with Gasteiger partial charge in [-0.15, -0.1) is 0 Å². The number of rotatable bonds is 7. The Morgan fingerprint density at radius 3 is 2.46 bits per heavy atom. The molecule has 0 saturated heterocycles. The number of carbonyl (C=O) groups is 1. The van der Waals surface area contributed by atoms with Crippen LogP contribution >= 0.6 is 7.60 Å². The van der Waals surface area contributed by atoms with Crippen LogP contribution in [-0.4, -0.2) is 28.8 Å². The molecule has 0 unspecified atom stereocenters. The van der Waals surface area contributed by atoms with Gasteiger partial charge < -0.3 is 19.8 Å². The van der Waals surface area contributed by atoms with Crippen LogP contribution in [0.25, 0.3) is 0 Å². The second-order valence-corrected chi connectivity index (χ2v) is 6.60. The van der Waals surface area contributed by atoms with E-state index < -0.39 is 13.5 Å². The van der Waals surface area contributed by atoms with E-state index in [0.717, 1.165) is 5.56 Å². The summed E-state index contributed by atoms with van der Waals surface area (Å²) in [6.45, 7) is -0.0194. The Kier molecular flexibility index (Phi) is 6.09. The minimum Gasteiger partial charge on any atom is -0.483 e. The number of amides is 1. The Hall–Kier alpha value is -2.21. The van der Waals surface area contributed by atoms with E-state index in [2.05, 4.69) is 5.32 Å². The lowest BCUT2D eigenvalue weighted by atomic mass is 10.1. The molecule has 8 heteroatoms. The minimum atomic E-state index is -4.47. The Balaban J connectivity index is 1.81. The molecule has 0 bridgehead atoms. The number of para-hydroxylation sites is 1. The zero-order valence-corrected chi connectivity index (χ0v) is 13.6. The SMILES string of the molecule is O=C(COc1ccccc1P(=O)(O)O)NCCc1ccc(F)cc1. The highest BCUT2D eigenvalue weighted by atomic mass is 31.2. The first-order valence-electron chi connectivity index (χ1n) is 7.15. The normalized spacial score (nSPS) is 11.1. The van der Waals surface area contributed by atoms with Crippen LogP contribution in [0.4, 0.5) is 4.39 Å². The summed E-state index contributed by atoms with van der Waals surface area (Å²) in [5.74, 6) is -0.767. The van der Waals surface area contributed by atoms with Crippen molar-refractivity contribution in [3.8, 4) is 5.75 Å². The number of hydrogen-bond acceptors (Lipinski definition) is 3. The maximum atomic E-state index is 12.8. The van der Waals surface area contributed by atoms with Gasteiger partial charge >= 0.3 is 7.60 Å². The van der Waals surface area contributed by atoms with E-state index in [1.54, 1.807) is 18.2 Å². The van der Waals surface area contributed by atoms with Gasteiger partial charge in [-0.3, -0.25) is 9.36 Å². The third-order valence-corrected chi connectivity index (χ3v) is 4.18. The fourth-order valence-electron chi connectivity index (χ4n) is 2.01. The standard InChI is InChI=1S/C16H17FNO5P/c17-13-7-5-12(6-8-13)9-10-18-16(19)11-23-14-3-1-2-4-15(14)24(20,21)22/h1-8H,9-11H2,(H,18,19)(H2,20,21,22). The Morgan fingerprint density at radius 2 is 1.79 bits per heavy atom. The molecule has 0 heterocycles. The number of ether oxygens (including phenoxy) is 1. The predicted octanol–water partition coefficient (Wildman–Crippen LogP) is 1.37. The van der Waals surface area contributed by atoms with Crippen LogP contribution < -0.4 is 15.4 Å². The molecule has 24 heavy (non-hydrogen) atoms. The van der Waals surface area contributed by atoms with Crippen LogP contribution in [0.5, 0.6) is 5.75 Å². The van der Waals surface area contributed by atoms with Crippen LogP contribution in [0.1, 0.15) is 5.56 Å². The Bertz CT molecular complexity index is 744. The van der Waals surface area contributed by atoms with Crippen LogP contribution in [0.3, 0.4) is 0 Å². The summed E-state index contributed by atoms with van der Waals surface area (Å²) < 4.78 is 29.3. The lowest BCUT2D eigenvalue weighted by Crippen LogP contribution is -2.31. The van der Waals surface area contributed by atoms with Crippen molar-refractivity contribution < 1.29 is 28.3 Å². The molecule has 2 rings (SSSR count). The second kappa shape index (κ2) is 8.06. The van der Waals surface area contributed by atoms with Crippen LogP contribution in [0.15, 0.2) is 48.5 Å². The highest BCUT2D eigenvalue weighted by molar-refractivity contribution is 7.60. The molecular formula is C16H17FNO5P. The molecule has 3 N–H and O–H groups in total. The number of benzene rings is 2. The molecule has 1 amide bonds. The zero-order chi connectivity index (χ0) is 17.6. The molecule has 128 valence electrons. The molecule has 0 spiro atoms. The van der Waals surface area contributed by atoms with E-state index in [1.807, 2.05) is 0 Å². The predicted molar refractivity (Wildman–Crippen MR) is 86.7 cm³/mol. The molecule has 0 aliphatic heterocycles. The first-order valence-corrected chi connectivity index (χ1v) is 8.76. The summed E-state index contributed by atoms with van der Waals surface area (Å²) in [5, 5.41) is 2.36. The Labute approximate surface area is 138 Å². The lowest BCUT2D eigenvalue weighted by molar-refractivity contribution is -0.123. The van der Waals surface area contributed by atoms with E-state index in [-0.39, 0.29) is 23.5 Å². The van der Waals surface area contributed by atoms with Crippen LogP contribution in [0.2, 0.25) is 0 Å². The summed E-state index contributed by atoms with van der Waals surface area (Å²) in [4.78, 5) is 30.2. The summed E-state index contributed by atoms with van der Waals surface area (Å²) >= 11 is 0. The topological polar surface area (TPSA) is 95.9 Å². The molecule has 0 radical (unpaired) electrons. The maximum absolute atomic E-state index is 12.8. The number of carbonyl (C=O) groups excluding carboxylic acids is 1. The molecule has 0 saturated carbocycles. The monoisotopic (exact) mass is 353 g/mol. The van der Waals surface area contributed by atoms with Crippen molar-refractivity contribution in [1.29, 1.82) is 0 Å². The number of halogens is 1. The highest BCUT2D eigenvalue weighted by Crippen LogP contribution is 2.37. The molecular weight excluding hydrogens is 336 g/mol. The largest absolute Gasteiger partial charge is 0.483 e. The van der Waals surface area contributed by atoms with Crippen molar-refractivity contribution in [3.05, 3.63) is 59.9 Å². The molecule has 2 aromatic carbocycles. The third kappa shape index (κ3) is 5.45. The summed E-state index contributed by atoms with van der Waals surface area (Å²) in [7, 11) is -4.47. The average Bonchev–Trinajstić information content (AvgIpc) is 2.54. The lowest BCUT2D eigenvalue weighted by Gasteiger charge is -2.12.